The van der Waals surface area contributed by atoms with Crippen molar-refractivity contribution in [1.82, 2.24) is 0 Å². The van der Waals surface area contributed by atoms with Crippen LogP contribution in [0.4, 0.5) is 0 Å². The molecule has 0 unspecified atom stereocenters. The van der Waals surface area contributed by atoms with E-state index in [-0.39, 0.29) is 0 Å². The summed E-state index contributed by atoms with van der Waals surface area (Å²) in [6, 6.07) is 15.1. The maximum absolute atomic E-state index is 8.67. The van der Waals surface area contributed by atoms with Crippen LogP contribution >= 0.6 is 0 Å². The average Bonchev–Trinajstić information content (AvgIpc) is 2.47. The third-order valence-electron chi connectivity index (χ3n) is 2.57. The van der Waals surface area contributed by atoms with Crippen molar-refractivity contribution < 1.29 is 9.94 Å². The van der Waals surface area contributed by atoms with Crippen molar-refractivity contribution in [2.45, 2.75) is 0 Å². The normalized spacial score (nSPS) is 9.95. The van der Waals surface area contributed by atoms with Crippen LogP contribution in [0, 0.1) is 11.8 Å². The number of methoxy groups -OCH3 is 1. The second-order valence-corrected chi connectivity index (χ2v) is 3.81. The van der Waals surface area contributed by atoms with E-state index in [2.05, 4.69) is 17.0 Å². The Hall–Kier alpha value is -2.73. The number of hydrogen-bond acceptors (Lipinski definition) is 3. The van der Waals surface area contributed by atoms with Crippen molar-refractivity contribution in [1.29, 1.82) is 0 Å². The molecular formula is C16H13NO2. The second-order valence-electron chi connectivity index (χ2n) is 3.81. The van der Waals surface area contributed by atoms with Crippen LogP contribution in [-0.4, -0.2) is 18.5 Å². The topological polar surface area (TPSA) is 41.8 Å². The third-order valence-corrected chi connectivity index (χ3v) is 2.57. The number of hydrogen-bond donors (Lipinski definition) is 1. The molecule has 0 spiro atoms. The lowest BCUT2D eigenvalue weighted by molar-refractivity contribution is 0.322. The minimum atomic E-state index is 0.695. The fourth-order valence-electron chi connectivity index (χ4n) is 1.61. The van der Waals surface area contributed by atoms with E-state index >= 15 is 0 Å². The molecule has 0 amide bonds. The Morgan fingerprint density at radius 1 is 1.11 bits per heavy atom. The predicted octanol–water partition coefficient (Wildman–Crippen LogP) is 2.90. The van der Waals surface area contributed by atoms with Gasteiger partial charge in [-0.05, 0) is 30.3 Å². The van der Waals surface area contributed by atoms with Crippen LogP contribution in [0.15, 0.2) is 53.7 Å². The molecule has 0 aromatic heterocycles. The molecule has 0 radical (unpaired) electrons. The number of oxime groups is 1. The van der Waals surface area contributed by atoms with E-state index in [4.69, 9.17) is 9.94 Å². The molecule has 0 aliphatic rings. The minimum absolute atomic E-state index is 0.695. The highest BCUT2D eigenvalue weighted by Crippen LogP contribution is 2.15. The van der Waals surface area contributed by atoms with Gasteiger partial charge in [0, 0.05) is 16.7 Å². The number of ether oxygens (including phenoxy) is 1. The van der Waals surface area contributed by atoms with Crippen molar-refractivity contribution in [2.24, 2.45) is 5.16 Å². The largest absolute Gasteiger partial charge is 0.497 e. The number of benzene rings is 2. The molecule has 1 N–H and O–H groups in total. The van der Waals surface area contributed by atoms with Crippen LogP contribution in [0.25, 0.3) is 0 Å². The Bertz CT molecular complexity index is 637. The SMILES string of the molecule is COc1ccc(C#Cc2ccccc2)c(/C=N/O)c1. The minimum Gasteiger partial charge on any atom is -0.497 e. The van der Waals surface area contributed by atoms with E-state index in [9.17, 15) is 0 Å². The fourth-order valence-corrected chi connectivity index (χ4v) is 1.61. The van der Waals surface area contributed by atoms with Crippen molar-refractivity contribution in [3.63, 3.8) is 0 Å². The monoisotopic (exact) mass is 251 g/mol. The van der Waals surface area contributed by atoms with Gasteiger partial charge in [0.2, 0.25) is 0 Å². The van der Waals surface area contributed by atoms with Crippen LogP contribution in [0.2, 0.25) is 0 Å². The summed E-state index contributed by atoms with van der Waals surface area (Å²) < 4.78 is 5.13. The first-order valence-electron chi connectivity index (χ1n) is 5.76. The van der Waals surface area contributed by atoms with Crippen molar-refractivity contribution in [3.05, 3.63) is 65.2 Å². The van der Waals surface area contributed by atoms with Crippen LogP contribution in [-0.2, 0) is 0 Å². The molecule has 0 saturated heterocycles. The van der Waals surface area contributed by atoms with Gasteiger partial charge in [-0.1, -0.05) is 35.2 Å². The number of nitrogens with zero attached hydrogens (tertiary/aromatic N) is 1. The van der Waals surface area contributed by atoms with E-state index in [0.29, 0.717) is 11.3 Å². The maximum atomic E-state index is 8.67. The highest BCUT2D eigenvalue weighted by molar-refractivity contribution is 5.84. The summed E-state index contributed by atoms with van der Waals surface area (Å²) >= 11 is 0. The molecule has 0 saturated carbocycles. The summed E-state index contributed by atoms with van der Waals surface area (Å²) in [7, 11) is 1.59. The van der Waals surface area contributed by atoms with Crippen LogP contribution in [0.5, 0.6) is 5.75 Å². The van der Waals surface area contributed by atoms with Gasteiger partial charge in [-0.25, -0.2) is 0 Å². The summed E-state index contributed by atoms with van der Waals surface area (Å²) in [6.07, 6.45) is 1.34. The van der Waals surface area contributed by atoms with E-state index in [0.717, 1.165) is 11.1 Å². The fraction of sp³-hybridized carbons (Fsp3) is 0.0625. The zero-order valence-electron chi connectivity index (χ0n) is 10.5. The van der Waals surface area contributed by atoms with Gasteiger partial charge in [0.25, 0.3) is 0 Å². The van der Waals surface area contributed by atoms with E-state index in [1.54, 1.807) is 13.2 Å². The molecule has 0 heterocycles. The highest BCUT2D eigenvalue weighted by atomic mass is 16.5. The lowest BCUT2D eigenvalue weighted by atomic mass is 10.1. The first kappa shape index (κ1) is 12.7. The van der Waals surface area contributed by atoms with Crippen molar-refractivity contribution in [3.8, 4) is 17.6 Å². The van der Waals surface area contributed by atoms with Gasteiger partial charge in [0.05, 0.1) is 13.3 Å². The average molecular weight is 251 g/mol. The molecule has 3 nitrogen and oxygen atoms in total. The molecule has 2 aromatic carbocycles. The lowest BCUT2D eigenvalue weighted by Crippen LogP contribution is -1.91. The molecule has 19 heavy (non-hydrogen) atoms. The molecule has 94 valence electrons. The van der Waals surface area contributed by atoms with Gasteiger partial charge >= 0.3 is 0 Å². The van der Waals surface area contributed by atoms with E-state index < -0.39 is 0 Å². The van der Waals surface area contributed by atoms with Crippen LogP contribution < -0.4 is 4.74 Å². The van der Waals surface area contributed by atoms with Crippen LogP contribution in [0.1, 0.15) is 16.7 Å². The first-order chi connectivity index (χ1) is 9.33. The summed E-state index contributed by atoms with van der Waals surface area (Å²) in [6.45, 7) is 0. The standard InChI is InChI=1S/C16H13NO2/c1-19-16-10-9-14(15(11-16)12-17-18)8-7-13-5-3-2-4-6-13/h2-6,9-12,18H,1H3/b17-12+. The summed E-state index contributed by atoms with van der Waals surface area (Å²) in [5, 5.41) is 11.7. The smallest absolute Gasteiger partial charge is 0.119 e. The highest BCUT2D eigenvalue weighted by Gasteiger charge is 2.00. The Kier molecular flexibility index (Phi) is 4.20. The van der Waals surface area contributed by atoms with E-state index in [1.807, 2.05) is 42.5 Å². The van der Waals surface area contributed by atoms with Crippen molar-refractivity contribution >= 4 is 6.21 Å². The first-order valence-corrected chi connectivity index (χ1v) is 5.76. The molecule has 0 aliphatic heterocycles. The van der Waals surface area contributed by atoms with Crippen LogP contribution in [0.3, 0.4) is 0 Å². The molecule has 0 fully saturated rings. The second kappa shape index (κ2) is 6.27. The van der Waals surface area contributed by atoms with Gasteiger partial charge in [0.15, 0.2) is 0 Å². The summed E-state index contributed by atoms with van der Waals surface area (Å²) in [4.78, 5) is 0. The molecule has 2 aromatic rings. The Balaban J connectivity index is 2.37. The predicted molar refractivity (Wildman–Crippen MR) is 74.8 cm³/mol. The molecule has 0 aliphatic carbocycles. The van der Waals surface area contributed by atoms with Gasteiger partial charge in [-0.3, -0.25) is 0 Å². The quantitative estimate of drug-likeness (QED) is 0.386. The number of rotatable bonds is 2. The molecule has 0 atom stereocenters. The third kappa shape index (κ3) is 3.36. The zero-order valence-corrected chi connectivity index (χ0v) is 10.5. The van der Waals surface area contributed by atoms with E-state index in [1.165, 1.54) is 6.21 Å². The van der Waals surface area contributed by atoms with Gasteiger partial charge < -0.3 is 9.94 Å². The van der Waals surface area contributed by atoms with Gasteiger partial charge in [-0.15, -0.1) is 0 Å². The molecule has 0 bridgehead atoms. The summed E-state index contributed by atoms with van der Waals surface area (Å²) in [5.41, 5.74) is 2.43. The molecule has 3 heteroatoms. The Labute approximate surface area is 112 Å². The Morgan fingerprint density at radius 3 is 2.58 bits per heavy atom. The molecule has 2 rings (SSSR count). The van der Waals surface area contributed by atoms with Gasteiger partial charge in [0.1, 0.15) is 5.75 Å². The summed E-state index contributed by atoms with van der Waals surface area (Å²) in [5.74, 6) is 6.82. The maximum Gasteiger partial charge on any atom is 0.119 e. The molecular weight excluding hydrogens is 238 g/mol. The lowest BCUT2D eigenvalue weighted by Gasteiger charge is -2.02. The van der Waals surface area contributed by atoms with Crippen molar-refractivity contribution in [2.75, 3.05) is 7.11 Å². The Morgan fingerprint density at radius 2 is 1.89 bits per heavy atom. The van der Waals surface area contributed by atoms with Gasteiger partial charge in [-0.2, -0.15) is 0 Å². The zero-order chi connectivity index (χ0) is 13.5.